The summed E-state index contributed by atoms with van der Waals surface area (Å²) in [6, 6.07) is 9.67. The lowest BCUT2D eigenvalue weighted by Crippen LogP contribution is -2.07. The maximum absolute atomic E-state index is 8.88. The van der Waals surface area contributed by atoms with Crippen LogP contribution in [-0.4, -0.2) is 28.6 Å². The van der Waals surface area contributed by atoms with Crippen molar-refractivity contribution in [1.29, 1.82) is 0 Å². The van der Waals surface area contributed by atoms with Crippen molar-refractivity contribution < 1.29 is 9.84 Å². The van der Waals surface area contributed by atoms with Gasteiger partial charge in [-0.15, -0.1) is 0 Å². The van der Waals surface area contributed by atoms with Crippen LogP contribution >= 0.6 is 0 Å². The Labute approximate surface area is 106 Å². The third kappa shape index (κ3) is 2.81. The van der Waals surface area contributed by atoms with Crippen LogP contribution in [0.4, 0.5) is 5.82 Å². The number of aliphatic hydroxyl groups excluding tert-OH is 1. The van der Waals surface area contributed by atoms with E-state index in [4.69, 9.17) is 15.6 Å². The second-order valence-electron chi connectivity index (χ2n) is 4.04. The Morgan fingerprint density at radius 3 is 2.94 bits per heavy atom. The number of nitrogen functional groups attached to an aromatic ring is 1. The van der Waals surface area contributed by atoms with Crippen LogP contribution in [0.5, 0.6) is 5.75 Å². The van der Waals surface area contributed by atoms with Crippen LogP contribution in [0, 0.1) is 0 Å². The number of rotatable bonds is 5. The summed E-state index contributed by atoms with van der Waals surface area (Å²) in [6.07, 6.45) is 0.694. The minimum atomic E-state index is 0.0322. The minimum Gasteiger partial charge on any atom is -0.497 e. The SMILES string of the molecule is COc1cccc(Cc2cc(N)n(CCO)n2)c1. The number of benzene rings is 1. The third-order valence-electron chi connectivity index (χ3n) is 2.69. The first-order valence-electron chi connectivity index (χ1n) is 5.79. The van der Waals surface area contributed by atoms with Gasteiger partial charge in [0.15, 0.2) is 0 Å². The summed E-state index contributed by atoms with van der Waals surface area (Å²) >= 11 is 0. The lowest BCUT2D eigenvalue weighted by atomic mass is 10.1. The number of nitrogens with zero attached hydrogens (tertiary/aromatic N) is 2. The van der Waals surface area contributed by atoms with Gasteiger partial charge >= 0.3 is 0 Å². The van der Waals surface area contributed by atoms with E-state index >= 15 is 0 Å². The van der Waals surface area contributed by atoms with Crippen molar-refractivity contribution in [2.24, 2.45) is 0 Å². The van der Waals surface area contributed by atoms with E-state index in [-0.39, 0.29) is 6.61 Å². The van der Waals surface area contributed by atoms with Gasteiger partial charge in [0, 0.05) is 12.5 Å². The molecule has 2 aromatic rings. The van der Waals surface area contributed by atoms with Gasteiger partial charge < -0.3 is 15.6 Å². The summed E-state index contributed by atoms with van der Waals surface area (Å²) in [7, 11) is 1.65. The second-order valence-corrected chi connectivity index (χ2v) is 4.04. The van der Waals surface area contributed by atoms with Crippen LogP contribution in [-0.2, 0) is 13.0 Å². The molecule has 0 unspecified atom stereocenters. The highest BCUT2D eigenvalue weighted by molar-refractivity contribution is 5.35. The minimum absolute atomic E-state index is 0.0322. The third-order valence-corrected chi connectivity index (χ3v) is 2.69. The van der Waals surface area contributed by atoms with Crippen molar-refractivity contribution in [2.45, 2.75) is 13.0 Å². The Bertz CT molecular complexity index is 523. The highest BCUT2D eigenvalue weighted by Gasteiger charge is 2.06. The molecule has 0 radical (unpaired) electrons. The summed E-state index contributed by atoms with van der Waals surface area (Å²) in [5.74, 6) is 1.40. The first-order chi connectivity index (χ1) is 8.72. The molecule has 0 fully saturated rings. The van der Waals surface area contributed by atoms with Crippen molar-refractivity contribution in [1.82, 2.24) is 9.78 Å². The van der Waals surface area contributed by atoms with Crippen LogP contribution in [0.15, 0.2) is 30.3 Å². The lowest BCUT2D eigenvalue weighted by Gasteiger charge is -2.02. The topological polar surface area (TPSA) is 73.3 Å². The van der Waals surface area contributed by atoms with Gasteiger partial charge in [-0.1, -0.05) is 12.1 Å². The molecular weight excluding hydrogens is 230 g/mol. The molecule has 5 nitrogen and oxygen atoms in total. The zero-order valence-electron chi connectivity index (χ0n) is 10.3. The highest BCUT2D eigenvalue weighted by atomic mass is 16.5. The summed E-state index contributed by atoms with van der Waals surface area (Å²) < 4.78 is 6.78. The van der Waals surface area contributed by atoms with E-state index in [0.29, 0.717) is 18.8 Å². The molecule has 3 N–H and O–H groups in total. The molecule has 96 valence electrons. The predicted octanol–water partition coefficient (Wildman–Crippen LogP) is 1.06. The molecule has 0 atom stereocenters. The number of anilines is 1. The zero-order chi connectivity index (χ0) is 13.0. The summed E-state index contributed by atoms with van der Waals surface area (Å²) in [6.45, 7) is 0.453. The molecule has 2 rings (SSSR count). The van der Waals surface area contributed by atoms with Gasteiger partial charge in [0.1, 0.15) is 11.6 Å². The van der Waals surface area contributed by atoms with Crippen LogP contribution < -0.4 is 10.5 Å². The molecule has 1 heterocycles. The molecule has 5 heteroatoms. The summed E-state index contributed by atoms with van der Waals surface area (Å²) in [4.78, 5) is 0. The largest absolute Gasteiger partial charge is 0.497 e. The normalized spacial score (nSPS) is 10.6. The quantitative estimate of drug-likeness (QED) is 0.828. The van der Waals surface area contributed by atoms with Gasteiger partial charge in [-0.05, 0) is 17.7 Å². The van der Waals surface area contributed by atoms with Crippen molar-refractivity contribution in [3.63, 3.8) is 0 Å². The van der Waals surface area contributed by atoms with E-state index in [0.717, 1.165) is 17.0 Å². The van der Waals surface area contributed by atoms with Crippen LogP contribution in [0.3, 0.4) is 0 Å². The van der Waals surface area contributed by atoms with Crippen molar-refractivity contribution in [3.05, 3.63) is 41.6 Å². The van der Waals surface area contributed by atoms with Gasteiger partial charge in [-0.2, -0.15) is 5.10 Å². The van der Waals surface area contributed by atoms with Crippen LogP contribution in [0.1, 0.15) is 11.3 Å². The molecule has 0 aliphatic heterocycles. The van der Waals surface area contributed by atoms with Crippen LogP contribution in [0.25, 0.3) is 0 Å². The molecule has 0 spiro atoms. The maximum Gasteiger partial charge on any atom is 0.122 e. The fourth-order valence-electron chi connectivity index (χ4n) is 1.84. The Morgan fingerprint density at radius 1 is 1.39 bits per heavy atom. The molecule has 18 heavy (non-hydrogen) atoms. The molecule has 0 aliphatic carbocycles. The van der Waals surface area contributed by atoms with E-state index in [1.54, 1.807) is 11.8 Å². The van der Waals surface area contributed by atoms with Gasteiger partial charge in [0.2, 0.25) is 0 Å². The van der Waals surface area contributed by atoms with Gasteiger partial charge in [0.05, 0.1) is 26.0 Å². The van der Waals surface area contributed by atoms with Crippen LogP contribution in [0.2, 0.25) is 0 Å². The molecule has 0 bridgehead atoms. The molecule has 1 aromatic carbocycles. The Balaban J connectivity index is 2.15. The van der Waals surface area contributed by atoms with Crippen molar-refractivity contribution in [2.75, 3.05) is 19.5 Å². The summed E-state index contributed by atoms with van der Waals surface area (Å²) in [5, 5.41) is 13.2. The second kappa shape index (κ2) is 5.55. The predicted molar refractivity (Wildman–Crippen MR) is 69.5 cm³/mol. The number of aromatic nitrogens is 2. The molecule has 0 aliphatic rings. The Kier molecular flexibility index (Phi) is 3.84. The Hall–Kier alpha value is -2.01. The molecular formula is C13H17N3O2. The molecule has 0 saturated heterocycles. The van der Waals surface area contributed by atoms with E-state index in [2.05, 4.69) is 5.10 Å². The average Bonchev–Trinajstić information content (AvgIpc) is 2.70. The van der Waals surface area contributed by atoms with E-state index < -0.39 is 0 Å². The molecule has 0 saturated carbocycles. The fraction of sp³-hybridized carbons (Fsp3) is 0.308. The number of methoxy groups -OCH3 is 1. The maximum atomic E-state index is 8.88. The van der Waals surface area contributed by atoms with Gasteiger partial charge in [-0.3, -0.25) is 0 Å². The summed E-state index contributed by atoms with van der Waals surface area (Å²) in [5.41, 5.74) is 7.80. The number of hydrogen-bond donors (Lipinski definition) is 2. The molecule has 0 amide bonds. The van der Waals surface area contributed by atoms with Gasteiger partial charge in [-0.25, -0.2) is 4.68 Å². The van der Waals surface area contributed by atoms with Crippen molar-refractivity contribution in [3.8, 4) is 5.75 Å². The smallest absolute Gasteiger partial charge is 0.122 e. The average molecular weight is 247 g/mol. The Morgan fingerprint density at radius 2 is 2.22 bits per heavy atom. The highest BCUT2D eigenvalue weighted by Crippen LogP contribution is 2.16. The lowest BCUT2D eigenvalue weighted by molar-refractivity contribution is 0.270. The van der Waals surface area contributed by atoms with E-state index in [9.17, 15) is 0 Å². The first-order valence-corrected chi connectivity index (χ1v) is 5.79. The number of aliphatic hydroxyl groups is 1. The monoisotopic (exact) mass is 247 g/mol. The zero-order valence-corrected chi connectivity index (χ0v) is 10.3. The van der Waals surface area contributed by atoms with Crippen molar-refractivity contribution >= 4 is 5.82 Å². The van der Waals surface area contributed by atoms with Gasteiger partial charge in [0.25, 0.3) is 0 Å². The van der Waals surface area contributed by atoms with E-state index in [1.807, 2.05) is 30.3 Å². The number of nitrogens with two attached hydrogens (primary N) is 1. The number of ether oxygens (including phenoxy) is 1. The number of hydrogen-bond acceptors (Lipinski definition) is 4. The first kappa shape index (κ1) is 12.4. The fourth-order valence-corrected chi connectivity index (χ4v) is 1.84. The molecule has 1 aromatic heterocycles. The van der Waals surface area contributed by atoms with E-state index in [1.165, 1.54) is 0 Å². The standard InChI is InChI=1S/C13H17N3O2/c1-18-12-4-2-3-10(8-12)7-11-9-13(14)16(15-11)5-6-17/h2-4,8-9,17H,5-7,14H2,1H3.